The molecule has 2 aromatic rings. The zero-order valence-corrected chi connectivity index (χ0v) is 16.1. The molecule has 2 N–H and O–H groups in total. The predicted molar refractivity (Wildman–Crippen MR) is 112 cm³/mol. The first-order chi connectivity index (χ1) is 14.0. The molecule has 3 rings (SSSR count). The number of carbonyl (C=O) groups excluding carboxylic acids is 1. The van der Waals surface area contributed by atoms with Crippen LogP contribution in [0.4, 0.5) is 0 Å². The molecule has 1 heterocycles. The number of carbonyl (C=O) groups is 2. The van der Waals surface area contributed by atoms with Gasteiger partial charge in [-0.05, 0) is 29.2 Å². The molecule has 1 unspecified atom stereocenters. The first-order valence-electron chi connectivity index (χ1n) is 9.71. The minimum Gasteiger partial charge on any atom is -0.478 e. The summed E-state index contributed by atoms with van der Waals surface area (Å²) in [5.41, 5.74) is 2.73. The van der Waals surface area contributed by atoms with E-state index in [1.54, 1.807) is 17.1 Å². The van der Waals surface area contributed by atoms with Crippen molar-refractivity contribution in [2.75, 3.05) is 0 Å². The monoisotopic (exact) mass is 391 g/mol. The molecule has 0 aliphatic carbocycles. The molecule has 29 heavy (non-hydrogen) atoms. The number of aliphatic hydroxyl groups excluding tert-OH is 1. The molecular weight excluding hydrogens is 366 g/mol. The SMILES string of the molecule is O=C(O)C=Cc1ccccc1CN1C(=O)CCC1C=C[C@@H](O)Cc1ccccc1. The molecule has 1 fully saturated rings. The van der Waals surface area contributed by atoms with Gasteiger partial charge >= 0.3 is 5.97 Å². The van der Waals surface area contributed by atoms with Gasteiger partial charge in [-0.3, -0.25) is 4.79 Å². The van der Waals surface area contributed by atoms with Gasteiger partial charge < -0.3 is 15.1 Å². The third-order valence-electron chi connectivity index (χ3n) is 5.02. The summed E-state index contributed by atoms with van der Waals surface area (Å²) in [4.78, 5) is 25.0. The number of aliphatic hydroxyl groups is 1. The van der Waals surface area contributed by atoms with Gasteiger partial charge in [0.15, 0.2) is 0 Å². The van der Waals surface area contributed by atoms with Gasteiger partial charge in [0.2, 0.25) is 5.91 Å². The molecule has 0 bridgehead atoms. The van der Waals surface area contributed by atoms with E-state index >= 15 is 0 Å². The molecule has 5 heteroatoms. The highest BCUT2D eigenvalue weighted by Gasteiger charge is 2.29. The number of carboxylic acid groups (broad SMARTS) is 1. The second kappa shape index (κ2) is 9.85. The smallest absolute Gasteiger partial charge is 0.328 e. The van der Waals surface area contributed by atoms with Crippen LogP contribution < -0.4 is 0 Å². The maximum atomic E-state index is 12.4. The topological polar surface area (TPSA) is 77.8 Å². The molecule has 0 spiro atoms. The molecule has 2 atom stereocenters. The van der Waals surface area contributed by atoms with Crippen molar-refractivity contribution in [2.45, 2.75) is 38.0 Å². The van der Waals surface area contributed by atoms with E-state index in [2.05, 4.69) is 0 Å². The highest BCUT2D eigenvalue weighted by Crippen LogP contribution is 2.24. The normalized spacial score (nSPS) is 18.0. The number of hydrogen-bond donors (Lipinski definition) is 2. The quantitative estimate of drug-likeness (QED) is 0.534. The molecule has 1 amide bonds. The lowest BCUT2D eigenvalue weighted by atomic mass is 10.0. The van der Waals surface area contributed by atoms with E-state index in [0.29, 0.717) is 25.8 Å². The lowest BCUT2D eigenvalue weighted by molar-refractivity contribution is -0.131. The van der Waals surface area contributed by atoms with Crippen LogP contribution in [0.5, 0.6) is 0 Å². The summed E-state index contributed by atoms with van der Waals surface area (Å²) in [6, 6.07) is 17.2. The minimum atomic E-state index is -1.01. The highest BCUT2D eigenvalue weighted by molar-refractivity contribution is 5.85. The fourth-order valence-corrected chi connectivity index (χ4v) is 3.53. The van der Waals surface area contributed by atoms with E-state index in [9.17, 15) is 14.7 Å². The second-order valence-electron chi connectivity index (χ2n) is 7.14. The van der Waals surface area contributed by atoms with E-state index in [-0.39, 0.29) is 11.9 Å². The average Bonchev–Trinajstić information content (AvgIpc) is 3.06. The zero-order chi connectivity index (χ0) is 20.6. The Morgan fingerprint density at radius 3 is 2.62 bits per heavy atom. The molecule has 2 aromatic carbocycles. The Kier molecular flexibility index (Phi) is 6.98. The Morgan fingerprint density at radius 1 is 1.14 bits per heavy atom. The minimum absolute atomic E-state index is 0.0641. The molecule has 5 nitrogen and oxygen atoms in total. The first-order valence-corrected chi connectivity index (χ1v) is 9.71. The summed E-state index contributed by atoms with van der Waals surface area (Å²) >= 11 is 0. The van der Waals surface area contributed by atoms with Crippen molar-refractivity contribution in [2.24, 2.45) is 0 Å². The maximum Gasteiger partial charge on any atom is 0.328 e. The van der Waals surface area contributed by atoms with Crippen molar-refractivity contribution in [1.82, 2.24) is 4.90 Å². The number of aliphatic carboxylic acids is 1. The maximum absolute atomic E-state index is 12.4. The van der Waals surface area contributed by atoms with Crippen LogP contribution in [0.25, 0.3) is 6.08 Å². The third kappa shape index (κ3) is 5.90. The lowest BCUT2D eigenvalue weighted by Crippen LogP contribution is -2.31. The number of nitrogens with zero attached hydrogens (tertiary/aromatic N) is 1. The molecule has 1 saturated heterocycles. The fraction of sp³-hybridized carbons (Fsp3) is 0.250. The van der Waals surface area contributed by atoms with Crippen LogP contribution >= 0.6 is 0 Å². The lowest BCUT2D eigenvalue weighted by Gasteiger charge is -2.24. The molecule has 1 aliphatic heterocycles. The Hall–Kier alpha value is -3.18. The second-order valence-corrected chi connectivity index (χ2v) is 7.14. The van der Waals surface area contributed by atoms with Gasteiger partial charge in [-0.15, -0.1) is 0 Å². The van der Waals surface area contributed by atoms with Crippen molar-refractivity contribution >= 4 is 18.0 Å². The molecule has 0 saturated carbocycles. The van der Waals surface area contributed by atoms with E-state index in [4.69, 9.17) is 5.11 Å². The highest BCUT2D eigenvalue weighted by atomic mass is 16.4. The zero-order valence-electron chi connectivity index (χ0n) is 16.1. The summed E-state index contributed by atoms with van der Waals surface area (Å²) in [5, 5.41) is 19.2. The number of rotatable bonds is 8. The van der Waals surface area contributed by atoms with Gasteiger partial charge in [0, 0.05) is 25.5 Å². The number of likely N-dealkylation sites (tertiary alicyclic amines) is 1. The molecule has 1 aliphatic rings. The van der Waals surface area contributed by atoms with E-state index in [1.165, 1.54) is 0 Å². The van der Waals surface area contributed by atoms with Crippen LogP contribution in [0, 0.1) is 0 Å². The first kappa shape index (κ1) is 20.6. The van der Waals surface area contributed by atoms with Crippen molar-refractivity contribution in [3.05, 3.63) is 89.5 Å². The summed E-state index contributed by atoms with van der Waals surface area (Å²) < 4.78 is 0. The van der Waals surface area contributed by atoms with Crippen molar-refractivity contribution < 1.29 is 19.8 Å². The van der Waals surface area contributed by atoms with Gasteiger partial charge in [0.25, 0.3) is 0 Å². The van der Waals surface area contributed by atoms with Crippen LogP contribution in [0.15, 0.2) is 72.8 Å². The number of carboxylic acids is 1. The summed E-state index contributed by atoms with van der Waals surface area (Å²) in [6.07, 6.45) is 7.42. The Morgan fingerprint density at radius 2 is 1.86 bits per heavy atom. The van der Waals surface area contributed by atoms with Gasteiger partial charge in [-0.25, -0.2) is 4.79 Å². The van der Waals surface area contributed by atoms with Crippen molar-refractivity contribution in [3.63, 3.8) is 0 Å². The molecule has 150 valence electrons. The van der Waals surface area contributed by atoms with E-state index < -0.39 is 12.1 Å². The van der Waals surface area contributed by atoms with Gasteiger partial charge in [-0.2, -0.15) is 0 Å². The van der Waals surface area contributed by atoms with Gasteiger partial charge in [0.05, 0.1) is 12.1 Å². The Balaban J connectivity index is 1.69. The molecule has 0 aromatic heterocycles. The van der Waals surface area contributed by atoms with Crippen LogP contribution in [0.1, 0.15) is 29.5 Å². The van der Waals surface area contributed by atoms with Crippen molar-refractivity contribution in [3.8, 4) is 0 Å². The van der Waals surface area contributed by atoms with Crippen LogP contribution in [0.2, 0.25) is 0 Å². The summed E-state index contributed by atoms with van der Waals surface area (Å²) in [7, 11) is 0. The standard InChI is InChI=1S/C24H25NO4/c26-22(16-18-6-2-1-3-7-18)13-11-21-12-14-23(27)25(21)17-20-9-5-4-8-19(20)10-15-24(28)29/h1-11,13,15,21-22,26H,12,14,16-17H2,(H,28,29)/t21?,22-/m1/s1. The summed E-state index contributed by atoms with van der Waals surface area (Å²) in [6.45, 7) is 0.406. The predicted octanol–water partition coefficient (Wildman–Crippen LogP) is 3.44. The van der Waals surface area contributed by atoms with E-state index in [0.717, 1.165) is 22.8 Å². The van der Waals surface area contributed by atoms with Crippen LogP contribution in [-0.2, 0) is 22.6 Å². The number of benzene rings is 2. The van der Waals surface area contributed by atoms with Gasteiger partial charge in [-0.1, -0.05) is 66.7 Å². The third-order valence-corrected chi connectivity index (χ3v) is 5.02. The molecule has 0 radical (unpaired) electrons. The Labute approximate surface area is 170 Å². The Bertz CT molecular complexity index is 904. The van der Waals surface area contributed by atoms with Gasteiger partial charge in [0.1, 0.15) is 0 Å². The fourth-order valence-electron chi connectivity index (χ4n) is 3.53. The van der Waals surface area contributed by atoms with Crippen LogP contribution in [0.3, 0.4) is 0 Å². The molecular formula is C24H25NO4. The summed E-state index contributed by atoms with van der Waals surface area (Å²) in [5.74, 6) is -0.945. The van der Waals surface area contributed by atoms with Crippen LogP contribution in [-0.4, -0.2) is 39.1 Å². The average molecular weight is 391 g/mol. The van der Waals surface area contributed by atoms with E-state index in [1.807, 2.05) is 60.7 Å². The number of hydrogen-bond acceptors (Lipinski definition) is 3. The number of amides is 1. The largest absolute Gasteiger partial charge is 0.478 e. The van der Waals surface area contributed by atoms with Crippen molar-refractivity contribution in [1.29, 1.82) is 0 Å².